The first-order chi connectivity index (χ1) is 9.27. The molecule has 1 heterocycles. The van der Waals surface area contributed by atoms with Crippen LogP contribution in [0, 0.1) is 0 Å². The van der Waals surface area contributed by atoms with Gasteiger partial charge in [0.05, 0.1) is 5.69 Å². The molecule has 2 rings (SSSR count). The van der Waals surface area contributed by atoms with E-state index in [1.165, 1.54) is 50.8 Å². The first kappa shape index (κ1) is 14.5. The third kappa shape index (κ3) is 4.62. The van der Waals surface area contributed by atoms with Crippen molar-refractivity contribution in [1.29, 1.82) is 0 Å². The van der Waals surface area contributed by atoms with Crippen molar-refractivity contribution in [3.63, 3.8) is 0 Å². The minimum Gasteiger partial charge on any atom is -0.311 e. The number of hydrogen-bond donors (Lipinski definition) is 1. The molecule has 1 fully saturated rings. The lowest BCUT2D eigenvalue weighted by Crippen LogP contribution is -2.35. The quantitative estimate of drug-likeness (QED) is 0.766. The zero-order valence-electron chi connectivity index (χ0n) is 12.4. The van der Waals surface area contributed by atoms with Gasteiger partial charge in [-0.25, -0.2) is 0 Å². The summed E-state index contributed by atoms with van der Waals surface area (Å²) in [6.07, 6.45) is 10.2. The van der Waals surface area contributed by atoms with Crippen molar-refractivity contribution in [2.45, 2.75) is 51.1 Å². The summed E-state index contributed by atoms with van der Waals surface area (Å²) in [5, 5.41) is 7.67. The van der Waals surface area contributed by atoms with Crippen molar-refractivity contribution >= 4 is 0 Å². The van der Waals surface area contributed by atoms with Crippen molar-refractivity contribution in [3.05, 3.63) is 18.0 Å². The smallest absolute Gasteiger partial charge is 0.0518 e. The zero-order chi connectivity index (χ0) is 13.5. The highest BCUT2D eigenvalue weighted by molar-refractivity contribution is 4.98. The largest absolute Gasteiger partial charge is 0.311 e. The van der Waals surface area contributed by atoms with E-state index in [9.17, 15) is 0 Å². The number of aryl methyl sites for hydroxylation is 1. The molecule has 0 bridgehead atoms. The van der Waals surface area contributed by atoms with Gasteiger partial charge >= 0.3 is 0 Å². The average molecular weight is 264 g/mol. The van der Waals surface area contributed by atoms with Gasteiger partial charge in [0.2, 0.25) is 0 Å². The van der Waals surface area contributed by atoms with Crippen LogP contribution in [0.3, 0.4) is 0 Å². The van der Waals surface area contributed by atoms with Crippen LogP contribution < -0.4 is 5.32 Å². The molecule has 0 amide bonds. The van der Waals surface area contributed by atoms with Crippen LogP contribution >= 0.6 is 0 Å². The van der Waals surface area contributed by atoms with Crippen LogP contribution in [0.25, 0.3) is 0 Å². The van der Waals surface area contributed by atoms with Crippen LogP contribution in [0.15, 0.2) is 12.3 Å². The number of hydrogen-bond acceptors (Lipinski definition) is 3. The Morgan fingerprint density at radius 2 is 2.16 bits per heavy atom. The first-order valence-electron chi connectivity index (χ1n) is 7.65. The summed E-state index contributed by atoms with van der Waals surface area (Å²) < 4.78 is 1.93. The summed E-state index contributed by atoms with van der Waals surface area (Å²) >= 11 is 0. The normalized spacial score (nSPS) is 17.2. The molecule has 0 unspecified atom stereocenters. The van der Waals surface area contributed by atoms with E-state index < -0.39 is 0 Å². The number of rotatable bonds is 7. The fourth-order valence-electron chi connectivity index (χ4n) is 2.95. The molecular weight excluding hydrogens is 236 g/mol. The Bertz CT molecular complexity index is 355. The Kier molecular flexibility index (Phi) is 5.86. The molecule has 1 aromatic heterocycles. The van der Waals surface area contributed by atoms with Gasteiger partial charge in [-0.2, -0.15) is 5.10 Å². The number of aromatic nitrogens is 2. The van der Waals surface area contributed by atoms with Crippen LogP contribution in [-0.4, -0.2) is 40.9 Å². The van der Waals surface area contributed by atoms with Crippen LogP contribution in [0.5, 0.6) is 0 Å². The Morgan fingerprint density at radius 1 is 1.37 bits per heavy atom. The Labute approximate surface area is 117 Å². The molecule has 0 atom stereocenters. The fraction of sp³-hybridized carbons (Fsp3) is 0.800. The van der Waals surface area contributed by atoms with E-state index >= 15 is 0 Å². The second kappa shape index (κ2) is 7.65. The summed E-state index contributed by atoms with van der Waals surface area (Å²) in [7, 11) is 4.28. The molecule has 0 radical (unpaired) electrons. The van der Waals surface area contributed by atoms with Gasteiger partial charge in [-0.05, 0) is 45.5 Å². The highest BCUT2D eigenvalue weighted by Gasteiger charge is 2.16. The maximum atomic E-state index is 4.17. The Morgan fingerprint density at radius 3 is 2.84 bits per heavy atom. The molecule has 0 saturated heterocycles. The third-order valence-corrected chi connectivity index (χ3v) is 4.29. The van der Waals surface area contributed by atoms with Crippen molar-refractivity contribution in [1.82, 2.24) is 20.0 Å². The van der Waals surface area contributed by atoms with Gasteiger partial charge in [0.1, 0.15) is 0 Å². The second-order valence-corrected chi connectivity index (χ2v) is 5.75. The summed E-state index contributed by atoms with van der Waals surface area (Å²) in [5.41, 5.74) is 1.25. The molecule has 0 aromatic carbocycles. The van der Waals surface area contributed by atoms with Gasteiger partial charge in [-0.3, -0.25) is 4.68 Å². The lowest BCUT2D eigenvalue weighted by molar-refractivity contribution is 0.189. The summed E-state index contributed by atoms with van der Waals surface area (Å²) in [6.45, 7) is 3.22. The van der Waals surface area contributed by atoms with Crippen LogP contribution in [0.4, 0.5) is 0 Å². The Hall–Kier alpha value is -0.870. The van der Waals surface area contributed by atoms with Crippen molar-refractivity contribution in [3.8, 4) is 0 Å². The highest BCUT2D eigenvalue weighted by atomic mass is 15.3. The lowest BCUT2D eigenvalue weighted by Gasteiger charge is -2.31. The standard InChI is InChI=1S/C15H28N4/c1-18(14-7-4-3-5-8-14)12-6-10-16-13-15-9-11-17-19(15)2/h9,11,14,16H,3-8,10,12-13H2,1-2H3. The van der Waals surface area contributed by atoms with Crippen LogP contribution in [0.1, 0.15) is 44.2 Å². The van der Waals surface area contributed by atoms with E-state index in [0.29, 0.717) is 0 Å². The van der Waals surface area contributed by atoms with Gasteiger partial charge in [-0.1, -0.05) is 19.3 Å². The minimum atomic E-state index is 0.839. The van der Waals surface area contributed by atoms with Crippen LogP contribution in [-0.2, 0) is 13.6 Å². The SMILES string of the molecule is CN(CCCNCc1ccnn1C)C1CCCCC1. The van der Waals surface area contributed by atoms with Gasteiger partial charge in [0, 0.05) is 25.8 Å². The van der Waals surface area contributed by atoms with Crippen molar-refractivity contribution in [2.75, 3.05) is 20.1 Å². The van der Waals surface area contributed by atoms with E-state index in [-0.39, 0.29) is 0 Å². The summed E-state index contributed by atoms with van der Waals surface area (Å²) in [5.74, 6) is 0. The second-order valence-electron chi connectivity index (χ2n) is 5.75. The van der Waals surface area contributed by atoms with E-state index in [0.717, 1.165) is 19.1 Å². The molecule has 0 aliphatic heterocycles. The molecule has 19 heavy (non-hydrogen) atoms. The molecule has 1 N–H and O–H groups in total. The number of nitrogens with zero attached hydrogens (tertiary/aromatic N) is 3. The molecular formula is C15H28N4. The molecule has 108 valence electrons. The maximum absolute atomic E-state index is 4.17. The van der Waals surface area contributed by atoms with Gasteiger partial charge < -0.3 is 10.2 Å². The van der Waals surface area contributed by atoms with Crippen molar-refractivity contribution in [2.24, 2.45) is 7.05 Å². The molecule has 1 aliphatic rings. The lowest BCUT2D eigenvalue weighted by atomic mass is 9.94. The third-order valence-electron chi connectivity index (χ3n) is 4.29. The van der Waals surface area contributed by atoms with Gasteiger partial charge in [0.15, 0.2) is 0 Å². The summed E-state index contributed by atoms with van der Waals surface area (Å²) in [4.78, 5) is 2.56. The Balaban J connectivity index is 1.55. The average Bonchev–Trinajstić information content (AvgIpc) is 2.85. The van der Waals surface area contributed by atoms with E-state index in [4.69, 9.17) is 0 Å². The van der Waals surface area contributed by atoms with Crippen molar-refractivity contribution < 1.29 is 0 Å². The molecule has 0 spiro atoms. The monoisotopic (exact) mass is 264 g/mol. The fourth-order valence-corrected chi connectivity index (χ4v) is 2.95. The predicted molar refractivity (Wildman–Crippen MR) is 79.0 cm³/mol. The van der Waals surface area contributed by atoms with E-state index in [1.807, 2.05) is 17.9 Å². The topological polar surface area (TPSA) is 33.1 Å². The summed E-state index contributed by atoms with van der Waals surface area (Å²) in [6, 6.07) is 2.91. The van der Waals surface area contributed by atoms with Crippen LogP contribution in [0.2, 0.25) is 0 Å². The molecule has 1 saturated carbocycles. The van der Waals surface area contributed by atoms with Gasteiger partial charge in [0.25, 0.3) is 0 Å². The molecule has 1 aliphatic carbocycles. The van der Waals surface area contributed by atoms with Gasteiger partial charge in [-0.15, -0.1) is 0 Å². The number of nitrogens with one attached hydrogen (secondary N) is 1. The highest BCUT2D eigenvalue weighted by Crippen LogP contribution is 2.21. The van der Waals surface area contributed by atoms with E-state index in [2.05, 4.69) is 28.4 Å². The zero-order valence-corrected chi connectivity index (χ0v) is 12.4. The predicted octanol–water partition coefficient (Wildman–Crippen LogP) is 2.16. The molecule has 4 nitrogen and oxygen atoms in total. The van der Waals surface area contributed by atoms with E-state index in [1.54, 1.807) is 0 Å². The minimum absolute atomic E-state index is 0.839. The first-order valence-corrected chi connectivity index (χ1v) is 7.65. The molecule has 1 aromatic rings. The maximum Gasteiger partial charge on any atom is 0.0518 e. The molecule has 4 heteroatoms.